The number of carbonyl (C=O) groups excluding carboxylic acids is 2. The van der Waals surface area contributed by atoms with Crippen LogP contribution in [0.2, 0.25) is 0 Å². The first-order chi connectivity index (χ1) is 11.1. The molecule has 0 saturated carbocycles. The number of esters is 1. The van der Waals surface area contributed by atoms with Gasteiger partial charge in [0.15, 0.2) is 5.69 Å². The SMILES string of the molecule is COc1ccc(-c2nc(C(=O)OCCCNC(C)=O)cs2)cc1. The third-order valence-corrected chi connectivity index (χ3v) is 3.87. The molecule has 1 N–H and O–H groups in total. The van der Waals surface area contributed by atoms with Gasteiger partial charge in [-0.2, -0.15) is 0 Å². The second-order valence-corrected chi connectivity index (χ2v) is 5.60. The second kappa shape index (κ2) is 8.28. The van der Waals surface area contributed by atoms with Crippen LogP contribution in [0.5, 0.6) is 5.75 Å². The molecule has 0 fully saturated rings. The molecule has 0 atom stereocenters. The number of hydrogen-bond acceptors (Lipinski definition) is 6. The molecule has 7 heteroatoms. The lowest BCUT2D eigenvalue weighted by Crippen LogP contribution is -2.22. The summed E-state index contributed by atoms with van der Waals surface area (Å²) in [7, 11) is 1.61. The number of aromatic nitrogens is 1. The van der Waals surface area contributed by atoms with Crippen molar-refractivity contribution in [1.82, 2.24) is 10.3 Å². The smallest absolute Gasteiger partial charge is 0.357 e. The van der Waals surface area contributed by atoms with Crippen LogP contribution in [-0.4, -0.2) is 37.1 Å². The summed E-state index contributed by atoms with van der Waals surface area (Å²) in [5.41, 5.74) is 1.21. The molecule has 0 radical (unpaired) electrons. The summed E-state index contributed by atoms with van der Waals surface area (Å²) in [6, 6.07) is 7.47. The van der Waals surface area contributed by atoms with Gasteiger partial charge in [-0.05, 0) is 30.7 Å². The number of hydrogen-bond donors (Lipinski definition) is 1. The van der Waals surface area contributed by atoms with Crippen LogP contribution in [0.3, 0.4) is 0 Å². The molecule has 6 nitrogen and oxygen atoms in total. The highest BCUT2D eigenvalue weighted by Crippen LogP contribution is 2.25. The van der Waals surface area contributed by atoms with E-state index < -0.39 is 5.97 Å². The molecule has 1 amide bonds. The number of benzene rings is 1. The summed E-state index contributed by atoms with van der Waals surface area (Å²) < 4.78 is 10.2. The zero-order valence-electron chi connectivity index (χ0n) is 13.0. The van der Waals surface area contributed by atoms with Gasteiger partial charge in [0.05, 0.1) is 13.7 Å². The van der Waals surface area contributed by atoms with Gasteiger partial charge in [-0.15, -0.1) is 11.3 Å². The van der Waals surface area contributed by atoms with Crippen LogP contribution in [-0.2, 0) is 9.53 Å². The fourth-order valence-electron chi connectivity index (χ4n) is 1.81. The first-order valence-corrected chi connectivity index (χ1v) is 7.99. The van der Waals surface area contributed by atoms with Gasteiger partial charge in [0.25, 0.3) is 0 Å². The quantitative estimate of drug-likeness (QED) is 0.622. The minimum Gasteiger partial charge on any atom is -0.497 e. The number of ether oxygens (including phenoxy) is 2. The van der Waals surface area contributed by atoms with Gasteiger partial charge >= 0.3 is 5.97 Å². The topological polar surface area (TPSA) is 77.5 Å². The molecule has 1 aromatic carbocycles. The molecule has 0 spiro atoms. The van der Waals surface area contributed by atoms with E-state index >= 15 is 0 Å². The number of amides is 1. The van der Waals surface area contributed by atoms with Crippen molar-refractivity contribution in [2.75, 3.05) is 20.3 Å². The second-order valence-electron chi connectivity index (χ2n) is 4.74. The van der Waals surface area contributed by atoms with Gasteiger partial charge in [-0.1, -0.05) is 0 Å². The molecule has 0 unspecified atom stereocenters. The van der Waals surface area contributed by atoms with Gasteiger partial charge in [-0.3, -0.25) is 4.79 Å². The Bertz CT molecular complexity index is 667. The highest BCUT2D eigenvalue weighted by molar-refractivity contribution is 7.13. The summed E-state index contributed by atoms with van der Waals surface area (Å²) in [4.78, 5) is 26.9. The van der Waals surface area contributed by atoms with E-state index in [1.165, 1.54) is 18.3 Å². The molecule has 2 aromatic rings. The van der Waals surface area contributed by atoms with E-state index in [1.807, 2.05) is 24.3 Å². The van der Waals surface area contributed by atoms with E-state index in [0.29, 0.717) is 18.7 Å². The Morgan fingerprint density at radius 2 is 2.00 bits per heavy atom. The molecule has 0 aliphatic rings. The van der Waals surface area contributed by atoms with Crippen LogP contribution in [0.15, 0.2) is 29.6 Å². The first-order valence-electron chi connectivity index (χ1n) is 7.11. The molecular weight excluding hydrogens is 316 g/mol. The maximum absolute atomic E-state index is 11.9. The van der Waals surface area contributed by atoms with Crippen molar-refractivity contribution in [3.63, 3.8) is 0 Å². The standard InChI is InChI=1S/C16H18N2O4S/c1-11(19)17-8-3-9-22-16(20)14-10-23-15(18-14)12-4-6-13(21-2)7-5-12/h4-7,10H,3,8-9H2,1-2H3,(H,17,19). The van der Waals surface area contributed by atoms with Crippen molar-refractivity contribution in [2.45, 2.75) is 13.3 Å². The summed E-state index contributed by atoms with van der Waals surface area (Å²) >= 11 is 1.38. The van der Waals surface area contributed by atoms with Crippen molar-refractivity contribution in [3.05, 3.63) is 35.3 Å². The van der Waals surface area contributed by atoms with Crippen molar-refractivity contribution < 1.29 is 19.1 Å². The summed E-state index contributed by atoms with van der Waals surface area (Å²) in [6.07, 6.45) is 0.570. The Hall–Kier alpha value is -2.41. The van der Waals surface area contributed by atoms with Gasteiger partial charge < -0.3 is 14.8 Å². The third kappa shape index (κ3) is 5.07. The largest absolute Gasteiger partial charge is 0.497 e. The number of nitrogens with one attached hydrogen (secondary N) is 1. The maximum atomic E-state index is 11.9. The van der Waals surface area contributed by atoms with E-state index in [-0.39, 0.29) is 12.5 Å². The monoisotopic (exact) mass is 334 g/mol. The molecule has 0 bridgehead atoms. The first kappa shape index (κ1) is 17.0. The molecule has 23 heavy (non-hydrogen) atoms. The average Bonchev–Trinajstić information content (AvgIpc) is 3.04. The minimum atomic E-state index is -0.455. The van der Waals surface area contributed by atoms with E-state index in [1.54, 1.807) is 12.5 Å². The lowest BCUT2D eigenvalue weighted by Gasteiger charge is -2.03. The van der Waals surface area contributed by atoms with E-state index in [0.717, 1.165) is 16.3 Å². The van der Waals surface area contributed by atoms with Crippen LogP contribution < -0.4 is 10.1 Å². The van der Waals surface area contributed by atoms with Gasteiger partial charge in [0, 0.05) is 24.4 Å². The zero-order chi connectivity index (χ0) is 16.7. The summed E-state index contributed by atoms with van der Waals surface area (Å²) in [6.45, 7) is 2.17. The molecule has 0 aliphatic heterocycles. The normalized spacial score (nSPS) is 10.2. The Labute approximate surface area is 138 Å². The van der Waals surface area contributed by atoms with Crippen LogP contribution in [0.25, 0.3) is 10.6 Å². The summed E-state index contributed by atoms with van der Waals surface area (Å²) in [5.74, 6) is 0.216. The molecule has 1 aromatic heterocycles. The van der Waals surface area contributed by atoms with Crippen molar-refractivity contribution in [2.24, 2.45) is 0 Å². The number of carbonyl (C=O) groups is 2. The number of thiazole rings is 1. The maximum Gasteiger partial charge on any atom is 0.357 e. The van der Waals surface area contributed by atoms with Crippen molar-refractivity contribution >= 4 is 23.2 Å². The number of rotatable bonds is 7. The van der Waals surface area contributed by atoms with Gasteiger partial charge in [0.2, 0.25) is 5.91 Å². The molecular formula is C16H18N2O4S. The van der Waals surface area contributed by atoms with Crippen LogP contribution in [0, 0.1) is 0 Å². The Morgan fingerprint density at radius 3 is 2.65 bits per heavy atom. The van der Waals surface area contributed by atoms with Crippen LogP contribution in [0.4, 0.5) is 0 Å². The molecule has 0 aliphatic carbocycles. The fourth-order valence-corrected chi connectivity index (χ4v) is 2.60. The van der Waals surface area contributed by atoms with Gasteiger partial charge in [-0.25, -0.2) is 9.78 Å². The fraction of sp³-hybridized carbons (Fsp3) is 0.312. The highest BCUT2D eigenvalue weighted by atomic mass is 32.1. The highest BCUT2D eigenvalue weighted by Gasteiger charge is 2.13. The average molecular weight is 334 g/mol. The number of methoxy groups -OCH3 is 1. The van der Waals surface area contributed by atoms with Crippen LogP contribution in [0.1, 0.15) is 23.8 Å². The minimum absolute atomic E-state index is 0.0973. The van der Waals surface area contributed by atoms with E-state index in [4.69, 9.17) is 9.47 Å². The lowest BCUT2D eigenvalue weighted by atomic mass is 10.2. The van der Waals surface area contributed by atoms with Crippen molar-refractivity contribution in [1.29, 1.82) is 0 Å². The molecule has 1 heterocycles. The van der Waals surface area contributed by atoms with E-state index in [2.05, 4.69) is 10.3 Å². The predicted octanol–water partition coefficient (Wildman–Crippen LogP) is 2.50. The Balaban J connectivity index is 1.87. The number of nitrogens with zero attached hydrogens (tertiary/aromatic N) is 1. The lowest BCUT2D eigenvalue weighted by molar-refractivity contribution is -0.118. The third-order valence-electron chi connectivity index (χ3n) is 2.98. The zero-order valence-corrected chi connectivity index (χ0v) is 13.8. The van der Waals surface area contributed by atoms with Crippen LogP contribution >= 0.6 is 11.3 Å². The van der Waals surface area contributed by atoms with E-state index in [9.17, 15) is 9.59 Å². The summed E-state index contributed by atoms with van der Waals surface area (Å²) in [5, 5.41) is 5.06. The van der Waals surface area contributed by atoms with Gasteiger partial charge in [0.1, 0.15) is 10.8 Å². The molecule has 2 rings (SSSR count). The predicted molar refractivity (Wildman–Crippen MR) is 87.7 cm³/mol. The Kier molecular flexibility index (Phi) is 6.10. The molecule has 0 saturated heterocycles. The van der Waals surface area contributed by atoms with Crippen molar-refractivity contribution in [3.8, 4) is 16.3 Å². The Morgan fingerprint density at radius 1 is 1.26 bits per heavy atom. The molecule has 122 valence electrons.